The van der Waals surface area contributed by atoms with Crippen molar-refractivity contribution in [2.24, 2.45) is 0 Å². The molecular weight excluding hydrogens is 453 g/mol. The third-order valence-electron chi connectivity index (χ3n) is 5.37. The van der Waals surface area contributed by atoms with E-state index in [1.54, 1.807) is 54.6 Å². The highest BCUT2D eigenvalue weighted by Crippen LogP contribution is 2.29. The summed E-state index contributed by atoms with van der Waals surface area (Å²) in [6.07, 6.45) is -2.72. The first-order chi connectivity index (χ1) is 16.9. The predicted molar refractivity (Wildman–Crippen MR) is 123 cm³/mol. The molecule has 0 aliphatic rings. The van der Waals surface area contributed by atoms with Gasteiger partial charge in [0.05, 0.1) is 23.8 Å². The van der Waals surface area contributed by atoms with Gasteiger partial charge in [0.2, 0.25) is 0 Å². The second-order valence-electron chi connectivity index (χ2n) is 7.62. The van der Waals surface area contributed by atoms with Gasteiger partial charge in [0, 0.05) is 16.3 Å². The van der Waals surface area contributed by atoms with E-state index < -0.39 is 11.7 Å². The molecule has 5 aromatic rings. The smallest absolute Gasteiger partial charge is 0.238 e. The predicted octanol–water partition coefficient (Wildman–Crippen LogP) is 5.45. The summed E-state index contributed by atoms with van der Waals surface area (Å²) in [4.78, 5) is 8.01. The van der Waals surface area contributed by atoms with Crippen molar-refractivity contribution in [3.63, 3.8) is 0 Å². The lowest BCUT2D eigenvalue weighted by atomic mass is 10.1. The first-order valence-electron chi connectivity index (χ1n) is 10.3. The highest BCUT2D eigenvalue weighted by atomic mass is 19.4. The molecular formula is C26H13F3N6. The summed E-state index contributed by atoms with van der Waals surface area (Å²) in [5, 5.41) is 18.6. The maximum absolute atomic E-state index is 13.0. The second kappa shape index (κ2) is 8.40. The first kappa shape index (κ1) is 21.8. The zero-order valence-electron chi connectivity index (χ0n) is 17.8. The van der Waals surface area contributed by atoms with Gasteiger partial charge in [-0.2, -0.15) is 18.4 Å². The number of aromatic nitrogens is 4. The van der Waals surface area contributed by atoms with E-state index in [9.17, 15) is 13.2 Å². The van der Waals surface area contributed by atoms with Crippen LogP contribution in [0, 0.1) is 17.9 Å². The lowest BCUT2D eigenvalue weighted by Gasteiger charge is -2.05. The minimum atomic E-state index is -4.42. The fourth-order valence-corrected chi connectivity index (χ4v) is 3.59. The summed E-state index contributed by atoms with van der Waals surface area (Å²) < 4.78 is 40.3. The third-order valence-corrected chi connectivity index (χ3v) is 5.37. The molecule has 0 fully saturated rings. The molecule has 0 aliphatic heterocycles. The van der Waals surface area contributed by atoms with Gasteiger partial charge in [-0.3, -0.25) is 0 Å². The molecule has 0 amide bonds. The maximum atomic E-state index is 13.0. The van der Waals surface area contributed by atoms with Crippen LogP contribution >= 0.6 is 0 Å². The number of nitriles is 1. The van der Waals surface area contributed by atoms with E-state index in [4.69, 9.17) is 11.8 Å². The molecule has 2 heterocycles. The Bertz CT molecular complexity index is 1670. The van der Waals surface area contributed by atoms with Crippen LogP contribution < -0.4 is 5.22 Å². The summed E-state index contributed by atoms with van der Waals surface area (Å²) in [6, 6.07) is 20.5. The standard InChI is InChI=1S/C26H13F3N6/c1-31-21-12-8-18(9-13-21)23-22(14-16-4-10-20(11-5-16)26(27,28)29)25-32-24(34-35(25)33-23)19-6-2-17(15-30)3-7-19/h2-14H/b22-14-. The molecule has 35 heavy (non-hydrogen) atoms. The Morgan fingerprint density at radius 1 is 0.886 bits per heavy atom. The van der Waals surface area contributed by atoms with E-state index in [2.05, 4.69) is 26.1 Å². The van der Waals surface area contributed by atoms with Gasteiger partial charge in [-0.1, -0.05) is 36.4 Å². The minimum absolute atomic E-state index is 0.397. The van der Waals surface area contributed by atoms with Crippen LogP contribution in [0.1, 0.15) is 16.7 Å². The van der Waals surface area contributed by atoms with Crippen molar-refractivity contribution in [1.29, 1.82) is 5.26 Å². The summed E-state index contributed by atoms with van der Waals surface area (Å²) >= 11 is 0. The first-order valence-corrected chi connectivity index (χ1v) is 10.3. The van der Waals surface area contributed by atoms with Crippen molar-refractivity contribution in [3.05, 3.63) is 106 Å². The highest BCUT2D eigenvalue weighted by Gasteiger charge is 2.29. The molecule has 0 spiro atoms. The number of nitrogens with zero attached hydrogens (tertiary/aromatic N) is 6. The van der Waals surface area contributed by atoms with Crippen LogP contribution in [-0.2, 0) is 6.18 Å². The fourth-order valence-electron chi connectivity index (χ4n) is 3.59. The van der Waals surface area contributed by atoms with Gasteiger partial charge in [0.15, 0.2) is 17.2 Å². The van der Waals surface area contributed by atoms with Gasteiger partial charge in [-0.25, -0.2) is 9.83 Å². The molecule has 5 rings (SSSR count). The lowest BCUT2D eigenvalue weighted by molar-refractivity contribution is -0.137. The monoisotopic (exact) mass is 466 g/mol. The number of benzene rings is 3. The van der Waals surface area contributed by atoms with E-state index in [-0.39, 0.29) is 0 Å². The van der Waals surface area contributed by atoms with Gasteiger partial charge in [-0.05, 0) is 48.0 Å². The van der Waals surface area contributed by atoms with Crippen LogP contribution in [0.2, 0.25) is 0 Å². The van der Waals surface area contributed by atoms with Crippen LogP contribution in [0.25, 0.3) is 39.2 Å². The average Bonchev–Trinajstić information content (AvgIpc) is 3.43. The number of rotatable bonds is 3. The second-order valence-corrected chi connectivity index (χ2v) is 7.62. The Balaban J connectivity index is 1.68. The van der Waals surface area contributed by atoms with Crippen molar-refractivity contribution in [1.82, 2.24) is 19.8 Å². The average molecular weight is 466 g/mol. The van der Waals surface area contributed by atoms with Crippen LogP contribution in [0.5, 0.6) is 0 Å². The van der Waals surface area contributed by atoms with Crippen molar-refractivity contribution in [3.8, 4) is 28.7 Å². The van der Waals surface area contributed by atoms with Crippen molar-refractivity contribution < 1.29 is 13.2 Å². The zero-order valence-corrected chi connectivity index (χ0v) is 17.8. The molecule has 168 valence electrons. The summed E-state index contributed by atoms with van der Waals surface area (Å²) in [6.45, 7) is 7.15. The normalized spacial score (nSPS) is 12.0. The number of halogens is 3. The van der Waals surface area contributed by atoms with Gasteiger partial charge in [0.25, 0.3) is 0 Å². The van der Waals surface area contributed by atoms with E-state index in [1.807, 2.05) is 0 Å². The van der Waals surface area contributed by atoms with Crippen LogP contribution in [0.3, 0.4) is 0 Å². The van der Waals surface area contributed by atoms with Gasteiger partial charge in [0.1, 0.15) is 5.69 Å². The molecule has 2 aromatic heterocycles. The summed E-state index contributed by atoms with van der Waals surface area (Å²) in [7, 11) is 0. The molecule has 9 heteroatoms. The largest absolute Gasteiger partial charge is 0.416 e. The Kier molecular flexibility index (Phi) is 5.23. The molecule has 0 atom stereocenters. The van der Waals surface area contributed by atoms with Crippen LogP contribution in [0.4, 0.5) is 18.9 Å². The molecule has 0 aliphatic carbocycles. The molecule has 6 nitrogen and oxygen atoms in total. The van der Waals surface area contributed by atoms with Gasteiger partial charge in [-0.15, -0.1) is 14.8 Å². The Hall–Kier alpha value is -5.02. The van der Waals surface area contributed by atoms with Gasteiger partial charge >= 0.3 is 6.18 Å². The van der Waals surface area contributed by atoms with Crippen LogP contribution in [0.15, 0.2) is 72.8 Å². The number of hydrogen-bond donors (Lipinski definition) is 0. The molecule has 3 aromatic carbocycles. The van der Waals surface area contributed by atoms with Crippen molar-refractivity contribution >= 4 is 17.4 Å². The highest BCUT2D eigenvalue weighted by molar-refractivity contribution is 5.73. The molecule has 0 radical (unpaired) electrons. The maximum Gasteiger partial charge on any atom is 0.416 e. The van der Waals surface area contributed by atoms with Crippen LogP contribution in [-0.4, -0.2) is 19.8 Å². The summed E-state index contributed by atoms with van der Waals surface area (Å²) in [5.74, 6) is 0.397. The number of alkyl halides is 3. The molecule has 0 saturated heterocycles. The summed E-state index contributed by atoms with van der Waals surface area (Å²) in [5.41, 5.74) is 3.14. The SMILES string of the molecule is [C-]#[N+]c1ccc(-c2nn3nc(-c4ccc(C#N)cc4)nc3/c2=C\c2ccc(C(F)(F)F)cc2)cc1. The molecule has 0 bridgehead atoms. The van der Waals surface area contributed by atoms with Gasteiger partial charge < -0.3 is 0 Å². The van der Waals surface area contributed by atoms with E-state index in [0.29, 0.717) is 50.3 Å². The Morgan fingerprint density at radius 2 is 1.54 bits per heavy atom. The van der Waals surface area contributed by atoms with E-state index in [0.717, 1.165) is 12.1 Å². The number of fused-ring (bicyclic) bond motifs is 1. The molecule has 0 N–H and O–H groups in total. The zero-order chi connectivity index (χ0) is 24.6. The molecule has 0 saturated carbocycles. The van der Waals surface area contributed by atoms with E-state index in [1.165, 1.54) is 16.8 Å². The topological polar surface area (TPSA) is 71.2 Å². The molecule has 0 unspecified atom stereocenters. The lowest BCUT2D eigenvalue weighted by Crippen LogP contribution is -2.06. The Labute approximate surface area is 197 Å². The van der Waals surface area contributed by atoms with E-state index >= 15 is 0 Å². The fraction of sp³-hybridized carbons (Fsp3) is 0.0385. The Morgan fingerprint density at radius 3 is 2.14 bits per heavy atom. The quantitative estimate of drug-likeness (QED) is 0.332. The minimum Gasteiger partial charge on any atom is -0.238 e. The van der Waals surface area contributed by atoms with Crippen molar-refractivity contribution in [2.45, 2.75) is 6.18 Å². The number of hydrogen-bond acceptors (Lipinski definition) is 4. The van der Waals surface area contributed by atoms with Crippen molar-refractivity contribution in [2.75, 3.05) is 0 Å². The third kappa shape index (κ3) is 4.19.